The van der Waals surface area contributed by atoms with Gasteiger partial charge in [-0.05, 0) is 0 Å². The lowest BCUT2D eigenvalue weighted by Crippen LogP contribution is -1.92. The zero-order valence-electron chi connectivity index (χ0n) is 6.27. The van der Waals surface area contributed by atoms with E-state index in [1.165, 1.54) is 7.11 Å². The molecule has 0 aromatic heterocycles. The van der Waals surface area contributed by atoms with Gasteiger partial charge in [0, 0.05) is 12.1 Å². The van der Waals surface area contributed by atoms with E-state index in [9.17, 15) is 8.78 Å². The fourth-order valence-corrected chi connectivity index (χ4v) is 0.771. The fraction of sp³-hybridized carbons (Fsp3) is 0.125. The molecule has 0 fully saturated rings. The fourth-order valence-electron chi connectivity index (χ4n) is 0.771. The second-order valence-corrected chi connectivity index (χ2v) is 2.08. The Morgan fingerprint density at radius 1 is 1.33 bits per heavy atom. The van der Waals surface area contributed by atoms with Crippen LogP contribution in [-0.2, 0) is 0 Å². The summed E-state index contributed by atoms with van der Waals surface area (Å²) >= 11 is 0. The minimum absolute atomic E-state index is 0.132. The molecule has 0 aliphatic heterocycles. The van der Waals surface area contributed by atoms with Crippen molar-refractivity contribution in [3.8, 4) is 11.8 Å². The first-order valence-corrected chi connectivity index (χ1v) is 3.12. The molecule has 0 saturated carbocycles. The summed E-state index contributed by atoms with van der Waals surface area (Å²) in [5, 5.41) is 8.36. The van der Waals surface area contributed by atoms with E-state index < -0.39 is 11.6 Å². The molecule has 12 heavy (non-hydrogen) atoms. The molecule has 0 bridgehead atoms. The molecule has 0 aliphatic carbocycles. The summed E-state index contributed by atoms with van der Waals surface area (Å²) in [6.07, 6.45) is 0. The number of benzene rings is 1. The Morgan fingerprint density at radius 3 is 2.50 bits per heavy atom. The Kier molecular flexibility index (Phi) is 2.24. The lowest BCUT2D eigenvalue weighted by Gasteiger charge is -2.01. The van der Waals surface area contributed by atoms with Gasteiger partial charge in [-0.1, -0.05) is 0 Å². The number of methoxy groups -OCH3 is 1. The number of hydrogen-bond acceptors (Lipinski definition) is 2. The first-order valence-electron chi connectivity index (χ1n) is 3.12. The van der Waals surface area contributed by atoms with Crippen molar-refractivity contribution in [1.29, 1.82) is 5.26 Å². The SMILES string of the molecule is COc1cc(C#N)c(F)cc1F. The van der Waals surface area contributed by atoms with E-state index in [4.69, 9.17) is 5.26 Å². The molecule has 1 rings (SSSR count). The van der Waals surface area contributed by atoms with E-state index >= 15 is 0 Å². The van der Waals surface area contributed by atoms with Crippen LogP contribution in [0.1, 0.15) is 5.56 Å². The van der Waals surface area contributed by atoms with Crippen molar-refractivity contribution in [3.05, 3.63) is 29.3 Å². The van der Waals surface area contributed by atoms with Gasteiger partial charge in [-0.3, -0.25) is 0 Å². The largest absolute Gasteiger partial charge is 0.494 e. The van der Waals surface area contributed by atoms with E-state index in [1.54, 1.807) is 6.07 Å². The monoisotopic (exact) mass is 169 g/mol. The van der Waals surface area contributed by atoms with Gasteiger partial charge in [0.2, 0.25) is 0 Å². The average Bonchev–Trinajstić information content (AvgIpc) is 2.05. The van der Waals surface area contributed by atoms with Crippen molar-refractivity contribution in [2.24, 2.45) is 0 Å². The van der Waals surface area contributed by atoms with Gasteiger partial charge in [0.05, 0.1) is 12.7 Å². The molecule has 62 valence electrons. The normalized spacial score (nSPS) is 9.17. The molecular weight excluding hydrogens is 164 g/mol. The molecule has 0 radical (unpaired) electrons. The van der Waals surface area contributed by atoms with Gasteiger partial charge in [-0.2, -0.15) is 5.26 Å². The van der Waals surface area contributed by atoms with Crippen LogP contribution in [0.4, 0.5) is 8.78 Å². The topological polar surface area (TPSA) is 33.0 Å². The maximum atomic E-state index is 12.7. The molecule has 1 aromatic rings. The highest BCUT2D eigenvalue weighted by molar-refractivity contribution is 5.38. The molecule has 2 nitrogen and oxygen atoms in total. The number of hydrogen-bond donors (Lipinski definition) is 0. The smallest absolute Gasteiger partial charge is 0.168 e. The van der Waals surface area contributed by atoms with E-state index in [-0.39, 0.29) is 11.3 Å². The van der Waals surface area contributed by atoms with Crippen molar-refractivity contribution in [2.75, 3.05) is 7.11 Å². The Hall–Kier alpha value is -1.63. The van der Waals surface area contributed by atoms with Gasteiger partial charge < -0.3 is 4.74 Å². The molecule has 0 atom stereocenters. The first-order chi connectivity index (χ1) is 5.69. The summed E-state index contributed by atoms with van der Waals surface area (Å²) in [5.41, 5.74) is -0.228. The third kappa shape index (κ3) is 1.35. The molecular formula is C8H5F2NO. The minimum Gasteiger partial charge on any atom is -0.494 e. The van der Waals surface area contributed by atoms with E-state index in [0.717, 1.165) is 6.07 Å². The van der Waals surface area contributed by atoms with Crippen LogP contribution in [0.25, 0.3) is 0 Å². The lowest BCUT2D eigenvalue weighted by atomic mass is 10.2. The molecule has 0 N–H and O–H groups in total. The minimum atomic E-state index is -0.879. The van der Waals surface area contributed by atoms with E-state index in [0.29, 0.717) is 6.07 Å². The van der Waals surface area contributed by atoms with Gasteiger partial charge in [-0.25, -0.2) is 8.78 Å². The Morgan fingerprint density at radius 2 is 2.00 bits per heavy atom. The first kappa shape index (κ1) is 8.47. The number of halogens is 2. The predicted octanol–water partition coefficient (Wildman–Crippen LogP) is 1.85. The van der Waals surface area contributed by atoms with Crippen molar-refractivity contribution < 1.29 is 13.5 Å². The van der Waals surface area contributed by atoms with E-state index in [2.05, 4.69) is 4.74 Å². The molecule has 0 unspecified atom stereocenters. The average molecular weight is 169 g/mol. The van der Waals surface area contributed by atoms with Crippen LogP contribution in [-0.4, -0.2) is 7.11 Å². The summed E-state index contributed by atoms with van der Waals surface area (Å²) < 4.78 is 29.9. The quantitative estimate of drug-likeness (QED) is 0.642. The number of ether oxygens (including phenoxy) is 1. The highest BCUT2D eigenvalue weighted by atomic mass is 19.1. The van der Waals surface area contributed by atoms with Crippen LogP contribution in [0.15, 0.2) is 12.1 Å². The predicted molar refractivity (Wildman–Crippen MR) is 37.6 cm³/mol. The van der Waals surface area contributed by atoms with Gasteiger partial charge in [0.15, 0.2) is 11.6 Å². The van der Waals surface area contributed by atoms with Crippen molar-refractivity contribution in [3.63, 3.8) is 0 Å². The van der Waals surface area contributed by atoms with Gasteiger partial charge in [-0.15, -0.1) is 0 Å². The Bertz CT molecular complexity index is 344. The van der Waals surface area contributed by atoms with Crippen molar-refractivity contribution >= 4 is 0 Å². The number of nitriles is 1. The third-order valence-electron chi connectivity index (χ3n) is 1.36. The summed E-state index contributed by atoms with van der Waals surface area (Å²) in [6.45, 7) is 0. The van der Waals surface area contributed by atoms with Crippen LogP contribution >= 0.6 is 0 Å². The molecule has 0 amide bonds. The van der Waals surface area contributed by atoms with E-state index in [1.807, 2.05) is 0 Å². The Balaban J connectivity index is 3.30. The molecule has 0 saturated heterocycles. The zero-order chi connectivity index (χ0) is 9.14. The van der Waals surface area contributed by atoms with Gasteiger partial charge >= 0.3 is 0 Å². The standard InChI is InChI=1S/C8H5F2NO/c1-12-8-2-5(4-11)6(9)3-7(8)10/h2-3H,1H3. The van der Waals surface area contributed by atoms with Gasteiger partial charge in [0.1, 0.15) is 11.9 Å². The molecule has 4 heteroatoms. The summed E-state index contributed by atoms with van der Waals surface area (Å²) in [5.74, 6) is -1.82. The van der Waals surface area contributed by atoms with Crippen molar-refractivity contribution in [2.45, 2.75) is 0 Å². The molecule has 1 aromatic carbocycles. The maximum absolute atomic E-state index is 12.7. The van der Waals surface area contributed by atoms with Crippen LogP contribution in [0.3, 0.4) is 0 Å². The van der Waals surface area contributed by atoms with Crippen LogP contribution in [0.2, 0.25) is 0 Å². The number of nitrogens with zero attached hydrogens (tertiary/aromatic N) is 1. The second kappa shape index (κ2) is 3.18. The summed E-state index contributed by atoms with van der Waals surface area (Å²) in [4.78, 5) is 0. The molecule has 0 spiro atoms. The van der Waals surface area contributed by atoms with Crippen LogP contribution in [0, 0.1) is 23.0 Å². The van der Waals surface area contributed by atoms with Crippen LogP contribution < -0.4 is 4.74 Å². The summed E-state index contributed by atoms with van der Waals surface area (Å²) in [7, 11) is 1.25. The van der Waals surface area contributed by atoms with Gasteiger partial charge in [0.25, 0.3) is 0 Å². The molecule has 0 heterocycles. The highest BCUT2D eigenvalue weighted by Crippen LogP contribution is 2.20. The lowest BCUT2D eigenvalue weighted by molar-refractivity contribution is 0.384. The highest BCUT2D eigenvalue weighted by Gasteiger charge is 2.08. The molecule has 0 aliphatic rings. The van der Waals surface area contributed by atoms with Crippen molar-refractivity contribution in [1.82, 2.24) is 0 Å². The zero-order valence-corrected chi connectivity index (χ0v) is 6.27. The third-order valence-corrected chi connectivity index (χ3v) is 1.36. The Labute approximate surface area is 68.0 Å². The second-order valence-electron chi connectivity index (χ2n) is 2.08. The number of rotatable bonds is 1. The van der Waals surface area contributed by atoms with Crippen LogP contribution in [0.5, 0.6) is 5.75 Å². The maximum Gasteiger partial charge on any atom is 0.168 e. The summed E-state index contributed by atoms with van der Waals surface area (Å²) in [6, 6.07) is 3.22.